The molecule has 0 heterocycles. The lowest BCUT2D eigenvalue weighted by Gasteiger charge is -2.10. The van der Waals surface area contributed by atoms with E-state index in [1.54, 1.807) is 25.6 Å². The zero-order chi connectivity index (χ0) is 60.8. The highest BCUT2D eigenvalue weighted by Crippen LogP contribution is 2.16. The number of Topliss-reactive ketones (excluding diaryl/α,β-unsaturated/α-hetero) is 1. The first kappa shape index (κ1) is 92.5. The van der Waals surface area contributed by atoms with Gasteiger partial charge in [-0.15, -0.1) is 0 Å². The Morgan fingerprint density at radius 2 is 0.808 bits per heavy atom. The molecule has 0 saturated heterocycles. The fourth-order valence-corrected chi connectivity index (χ4v) is 7.86. The minimum absolute atomic E-state index is 0.115. The Morgan fingerprint density at radius 1 is 0.449 bits per heavy atom. The molecule has 0 aromatic rings. The van der Waals surface area contributed by atoms with Gasteiger partial charge < -0.3 is 29.3 Å². The molecule has 3 atom stereocenters. The van der Waals surface area contributed by atoms with E-state index in [-0.39, 0.29) is 23.8 Å². The van der Waals surface area contributed by atoms with Crippen molar-refractivity contribution < 1.29 is 38.9 Å². The summed E-state index contributed by atoms with van der Waals surface area (Å²) < 4.78 is 10.3. The molecule has 0 aromatic heterocycles. The molecule has 0 saturated carbocycles. The summed E-state index contributed by atoms with van der Waals surface area (Å²) in [7, 11) is 1.00. The van der Waals surface area contributed by atoms with Crippen LogP contribution >= 0.6 is 11.8 Å². The Labute approximate surface area is 494 Å². The number of ether oxygens (including phenoxy) is 2. The van der Waals surface area contributed by atoms with Gasteiger partial charge in [-0.2, -0.15) is 11.8 Å². The van der Waals surface area contributed by atoms with Gasteiger partial charge in [-0.3, -0.25) is 9.59 Å². The van der Waals surface area contributed by atoms with Crippen LogP contribution in [0.4, 0.5) is 0 Å². The number of rotatable bonds is 46. The number of aliphatic hydroxyl groups is 2. The van der Waals surface area contributed by atoms with Crippen LogP contribution in [0.25, 0.3) is 0 Å². The van der Waals surface area contributed by atoms with Gasteiger partial charge in [-0.1, -0.05) is 269 Å². The van der Waals surface area contributed by atoms with Gasteiger partial charge in [-0.25, -0.2) is 0 Å². The zero-order valence-corrected chi connectivity index (χ0v) is 56.4. The van der Waals surface area contributed by atoms with Crippen molar-refractivity contribution in [3.63, 3.8) is 0 Å². The summed E-state index contributed by atoms with van der Waals surface area (Å²) in [6.07, 6.45) is 55.2. The van der Waals surface area contributed by atoms with Gasteiger partial charge in [0.1, 0.15) is 12.1 Å². The molecule has 0 aromatic carbocycles. The van der Waals surface area contributed by atoms with Gasteiger partial charge >= 0.3 is 11.9 Å². The van der Waals surface area contributed by atoms with E-state index in [1.165, 1.54) is 167 Å². The van der Waals surface area contributed by atoms with Gasteiger partial charge in [-0.05, 0) is 102 Å². The number of thioether (sulfide) groups is 1. The molecule has 0 aliphatic rings. The molecule has 0 fully saturated rings. The number of hydrogen-bond donors (Lipinski definition) is 2. The molecule has 8 nitrogen and oxygen atoms in total. The van der Waals surface area contributed by atoms with Crippen LogP contribution in [0.5, 0.6) is 0 Å². The molecule has 472 valence electrons. The quantitative estimate of drug-likeness (QED) is 0.0265. The molecule has 0 rings (SSSR count). The molecule has 0 spiro atoms. The van der Waals surface area contributed by atoms with Crippen molar-refractivity contribution in [2.75, 3.05) is 31.8 Å². The SMILES string of the molecule is CC.CCC.CCC(C)=O.CCCCC=O.CCCCCC.CCCCCC(C)C/C=C/CCCCCCCOC(=O)CSCCCCC(O)CCCOC(=O)CC.CCCCCCCC/C=C/CC(C)CCCCC.CO. The second kappa shape index (κ2) is 94.3. The smallest absolute Gasteiger partial charge is 0.315 e. The summed E-state index contributed by atoms with van der Waals surface area (Å²) in [4.78, 5) is 42.3. The molecule has 3 unspecified atom stereocenters. The van der Waals surface area contributed by atoms with Crippen LogP contribution in [0.3, 0.4) is 0 Å². The van der Waals surface area contributed by atoms with Gasteiger partial charge in [0.25, 0.3) is 0 Å². The highest BCUT2D eigenvalue weighted by atomic mass is 32.2. The topological polar surface area (TPSA) is 127 Å². The fourth-order valence-electron chi connectivity index (χ4n) is 7.06. The maximum absolute atomic E-state index is 11.8. The summed E-state index contributed by atoms with van der Waals surface area (Å²) in [5.74, 6) is 2.97. The van der Waals surface area contributed by atoms with Crippen LogP contribution in [0.1, 0.15) is 348 Å². The summed E-state index contributed by atoms with van der Waals surface area (Å²) in [5.41, 5.74) is 0. The molecule has 2 N–H and O–H groups in total. The van der Waals surface area contributed by atoms with Crippen molar-refractivity contribution in [3.05, 3.63) is 24.3 Å². The number of ketones is 1. The number of carbonyl (C=O) groups excluding carboxylic acids is 4. The Morgan fingerprint density at radius 3 is 1.22 bits per heavy atom. The summed E-state index contributed by atoms with van der Waals surface area (Å²) in [6.45, 7) is 32.5. The average Bonchev–Trinajstić information content (AvgIpc) is 3.44. The molecule has 78 heavy (non-hydrogen) atoms. The third-order valence-electron chi connectivity index (χ3n) is 12.2. The monoisotopic (exact) mass is 1130 g/mol. The van der Waals surface area contributed by atoms with Gasteiger partial charge in [0.15, 0.2) is 0 Å². The van der Waals surface area contributed by atoms with Crippen LogP contribution in [0.2, 0.25) is 0 Å². The number of aldehydes is 1. The van der Waals surface area contributed by atoms with Crippen LogP contribution < -0.4 is 0 Å². The summed E-state index contributed by atoms with van der Waals surface area (Å²) in [5, 5.41) is 17.0. The van der Waals surface area contributed by atoms with Crippen LogP contribution in [-0.2, 0) is 28.7 Å². The zero-order valence-electron chi connectivity index (χ0n) is 55.6. The fraction of sp³-hybridized carbons (Fsp3) is 0.884. The molecular weight excluding hydrogens is 989 g/mol. The minimum atomic E-state index is -0.342. The van der Waals surface area contributed by atoms with Gasteiger partial charge in [0.05, 0.1) is 25.1 Å². The van der Waals surface area contributed by atoms with E-state index in [0.717, 1.165) is 82.4 Å². The lowest BCUT2D eigenvalue weighted by Crippen LogP contribution is -2.10. The molecule has 0 amide bonds. The van der Waals surface area contributed by atoms with Crippen molar-refractivity contribution in [3.8, 4) is 0 Å². The van der Waals surface area contributed by atoms with E-state index in [2.05, 4.69) is 93.5 Å². The van der Waals surface area contributed by atoms with Crippen molar-refractivity contribution in [2.24, 2.45) is 11.8 Å². The molecule has 9 heteroatoms. The highest BCUT2D eigenvalue weighted by molar-refractivity contribution is 7.99. The summed E-state index contributed by atoms with van der Waals surface area (Å²) in [6, 6.07) is 0. The molecule has 0 aliphatic carbocycles. The lowest BCUT2D eigenvalue weighted by atomic mass is 9.99. The largest absolute Gasteiger partial charge is 0.466 e. The van der Waals surface area contributed by atoms with Crippen molar-refractivity contribution in [1.82, 2.24) is 0 Å². The first-order valence-electron chi connectivity index (χ1n) is 33.1. The van der Waals surface area contributed by atoms with Gasteiger partial charge in [0, 0.05) is 26.4 Å². The predicted octanol–water partition coefficient (Wildman–Crippen LogP) is 21.9. The van der Waals surface area contributed by atoms with Gasteiger partial charge in [0.2, 0.25) is 0 Å². The maximum atomic E-state index is 11.8. The van der Waals surface area contributed by atoms with Crippen LogP contribution in [-0.4, -0.2) is 72.2 Å². The molecule has 0 radical (unpaired) electrons. The third-order valence-corrected chi connectivity index (χ3v) is 13.2. The number of carbonyl (C=O) groups is 4. The Bertz CT molecular complexity index is 1110. The predicted molar refractivity (Wildman–Crippen MR) is 350 cm³/mol. The Hall–Kier alpha value is -1.97. The standard InChI is InChI=1S/C30H56O5S.C18H36.C6H14.C5H10O.C4H8O.C3H8.C2H6.CH4O/c1-4-6-13-19-27(3)20-14-11-9-7-8-10-12-16-23-35-30(33)26-36-25-17-15-21-28(31)22-18-24-34-29(32)5-2;1-4-6-8-9-10-11-12-13-15-17-18(3)16-14-7-5-2;1-3-5-6-4-2;1-2-3-4-5-6;1-3-4(2)5;1-3-2;2*1-2/h11,14,27-28,31H,4-10,12-13,15-26H2,1-3H3;13,15,18H,4-12,14,16-17H2,1-3H3;3-6H2,1-2H3;5H,2-4H2,1H3;3H2,1-2H3;3H2,1-2H3;1-2H3;2H,1H3/b14-11+;15-13+;;;;;;. The number of hydrogen-bond acceptors (Lipinski definition) is 9. The van der Waals surface area contributed by atoms with Crippen molar-refractivity contribution in [1.29, 1.82) is 0 Å². The Balaban J connectivity index is -0.000000159. The highest BCUT2D eigenvalue weighted by Gasteiger charge is 2.07. The number of esters is 2. The summed E-state index contributed by atoms with van der Waals surface area (Å²) >= 11 is 1.61. The average molecular weight is 1130 g/mol. The maximum Gasteiger partial charge on any atom is 0.315 e. The second-order valence-electron chi connectivity index (χ2n) is 20.6. The normalized spacial score (nSPS) is 11.3. The van der Waals surface area contributed by atoms with E-state index in [1.807, 2.05) is 20.8 Å². The third kappa shape index (κ3) is 113. The second-order valence-corrected chi connectivity index (χ2v) is 21.8. The first-order valence-corrected chi connectivity index (χ1v) is 34.2. The van der Waals surface area contributed by atoms with Crippen LogP contribution in [0, 0.1) is 11.8 Å². The van der Waals surface area contributed by atoms with E-state index < -0.39 is 0 Å². The Kier molecular flexibility index (Phi) is 112. The number of aliphatic hydroxyl groups excluding tert-OH is 2. The van der Waals surface area contributed by atoms with E-state index in [0.29, 0.717) is 44.6 Å². The molecule has 0 aliphatic heterocycles. The molecule has 0 bridgehead atoms. The van der Waals surface area contributed by atoms with E-state index >= 15 is 0 Å². The van der Waals surface area contributed by atoms with E-state index in [4.69, 9.17) is 14.6 Å². The first-order chi connectivity index (χ1) is 37.8. The lowest BCUT2D eigenvalue weighted by molar-refractivity contribution is -0.143. The minimum Gasteiger partial charge on any atom is -0.466 e. The van der Waals surface area contributed by atoms with Crippen LogP contribution in [0.15, 0.2) is 24.3 Å². The number of allylic oxidation sites excluding steroid dienone is 4. The number of unbranched alkanes of at least 4 members (excludes halogenated alkanes) is 21. The van der Waals surface area contributed by atoms with Crippen molar-refractivity contribution in [2.45, 2.75) is 354 Å². The molecular formula is C69H142O8S. The van der Waals surface area contributed by atoms with Crippen molar-refractivity contribution >= 4 is 35.8 Å². The van der Waals surface area contributed by atoms with E-state index in [9.17, 15) is 24.3 Å².